The van der Waals surface area contributed by atoms with Crippen molar-refractivity contribution in [2.75, 3.05) is 38.1 Å². The summed E-state index contributed by atoms with van der Waals surface area (Å²) in [5.74, 6) is -0.234. The quantitative estimate of drug-likeness (QED) is 0.0203. The van der Waals surface area contributed by atoms with Crippen LogP contribution < -0.4 is 0 Å². The van der Waals surface area contributed by atoms with E-state index >= 15 is 0 Å². The predicted octanol–water partition coefficient (Wildman–Crippen LogP) is 13.4. The number of halogens is 2. The molecule has 0 heterocycles. The molecule has 0 saturated carbocycles. The third kappa shape index (κ3) is 37.0. The average Bonchev–Trinajstić information content (AvgIpc) is 3.15. The molecule has 0 N–H and O–H groups in total. The van der Waals surface area contributed by atoms with Crippen LogP contribution in [-0.4, -0.2) is 67.1 Å². The first-order valence-electron chi connectivity index (χ1n) is 21.7. The SMILES string of the molecule is CCCCCCCCC=CCCCCCCCC(=O)OCC(COC(=O)CCCCCCCC=CCCCCCCCC)OC(=O)N(CCCl)CCCl. The molecule has 0 fully saturated rings. The highest BCUT2D eigenvalue weighted by Crippen LogP contribution is 2.13. The minimum absolute atomic E-state index is 0.175. The highest BCUT2D eigenvalue weighted by atomic mass is 35.5. The van der Waals surface area contributed by atoms with Crippen molar-refractivity contribution >= 4 is 41.2 Å². The predicted molar refractivity (Wildman–Crippen MR) is 224 cm³/mol. The molecule has 0 aromatic rings. The number of rotatable bonds is 39. The highest BCUT2D eigenvalue weighted by molar-refractivity contribution is 6.18. The first-order chi connectivity index (χ1) is 26.0. The van der Waals surface area contributed by atoms with Gasteiger partial charge in [-0.25, -0.2) is 4.79 Å². The van der Waals surface area contributed by atoms with Crippen LogP contribution in [0.5, 0.6) is 0 Å². The topological polar surface area (TPSA) is 82.1 Å². The monoisotopic (exact) mass is 788 g/mol. The minimum atomic E-state index is -0.910. The van der Waals surface area contributed by atoms with E-state index in [1.54, 1.807) is 0 Å². The summed E-state index contributed by atoms with van der Waals surface area (Å²) < 4.78 is 16.5. The second kappa shape index (κ2) is 41.4. The van der Waals surface area contributed by atoms with Gasteiger partial charge in [-0.2, -0.15) is 0 Å². The molecule has 0 aliphatic carbocycles. The summed E-state index contributed by atoms with van der Waals surface area (Å²) in [6, 6.07) is 0. The average molecular weight is 789 g/mol. The van der Waals surface area contributed by atoms with Gasteiger partial charge in [-0.05, 0) is 64.2 Å². The zero-order chi connectivity index (χ0) is 38.9. The molecule has 0 aliphatic rings. The van der Waals surface area contributed by atoms with E-state index in [0.29, 0.717) is 12.8 Å². The molecule has 0 rings (SSSR count). The van der Waals surface area contributed by atoms with Gasteiger partial charge in [0, 0.05) is 37.7 Å². The van der Waals surface area contributed by atoms with Crippen LogP contribution in [0.3, 0.4) is 0 Å². The maximum absolute atomic E-state index is 12.8. The number of amides is 1. The lowest BCUT2D eigenvalue weighted by Gasteiger charge is -2.24. The molecule has 7 nitrogen and oxygen atoms in total. The molecule has 0 radical (unpaired) electrons. The van der Waals surface area contributed by atoms with Crippen molar-refractivity contribution in [2.24, 2.45) is 0 Å². The standard InChI is InChI=1S/C44H79Cl2NO6/c1-3-5-7-9-11-13-15-17-19-21-23-25-27-29-31-33-42(48)51-39-41(53-44(50)47(37-35-45)38-36-46)40-52-43(49)34-32-30-28-26-24-22-20-18-16-14-12-10-8-6-4-2/h17-20,41H,3-16,21-40H2,1-2H3. The Morgan fingerprint density at radius 3 is 1.15 bits per heavy atom. The molecular formula is C44H79Cl2NO6. The summed E-state index contributed by atoms with van der Waals surface area (Å²) in [6.07, 6.45) is 39.3. The smallest absolute Gasteiger partial charge is 0.410 e. The number of allylic oxidation sites excluding steroid dienone is 4. The number of hydrogen-bond donors (Lipinski definition) is 0. The number of hydrogen-bond acceptors (Lipinski definition) is 6. The first kappa shape index (κ1) is 51.3. The Kier molecular flexibility index (Phi) is 40.1. The van der Waals surface area contributed by atoms with Crippen LogP contribution in [0, 0.1) is 0 Å². The van der Waals surface area contributed by atoms with E-state index in [2.05, 4.69) is 38.2 Å². The molecular weight excluding hydrogens is 709 g/mol. The lowest BCUT2D eigenvalue weighted by atomic mass is 10.1. The van der Waals surface area contributed by atoms with Crippen LogP contribution in [-0.2, 0) is 23.8 Å². The molecule has 0 spiro atoms. The second-order valence-corrected chi connectivity index (χ2v) is 15.2. The van der Waals surface area contributed by atoms with E-state index in [-0.39, 0.29) is 50.0 Å². The molecule has 0 bridgehead atoms. The summed E-state index contributed by atoms with van der Waals surface area (Å²) in [4.78, 5) is 39.1. The molecule has 0 saturated heterocycles. The van der Waals surface area contributed by atoms with E-state index in [1.165, 1.54) is 108 Å². The fraction of sp³-hybridized carbons (Fsp3) is 0.841. The van der Waals surface area contributed by atoms with Crippen molar-refractivity contribution in [1.82, 2.24) is 4.90 Å². The maximum Gasteiger partial charge on any atom is 0.410 e. The van der Waals surface area contributed by atoms with Crippen molar-refractivity contribution in [3.63, 3.8) is 0 Å². The second-order valence-electron chi connectivity index (χ2n) is 14.4. The summed E-state index contributed by atoms with van der Waals surface area (Å²) in [7, 11) is 0. The molecule has 0 unspecified atom stereocenters. The Labute approximate surface area is 335 Å². The lowest BCUT2D eigenvalue weighted by molar-refractivity contribution is -0.153. The zero-order valence-corrected chi connectivity index (χ0v) is 35.6. The Balaban J connectivity index is 4.29. The fourth-order valence-electron chi connectivity index (χ4n) is 6.03. The minimum Gasteiger partial charge on any atom is -0.462 e. The van der Waals surface area contributed by atoms with Crippen LogP contribution in [0.15, 0.2) is 24.3 Å². The normalized spacial score (nSPS) is 12.1. The van der Waals surface area contributed by atoms with Crippen LogP contribution in [0.4, 0.5) is 4.79 Å². The van der Waals surface area contributed by atoms with Gasteiger partial charge in [-0.3, -0.25) is 9.59 Å². The number of unbranched alkanes of at least 4 members (excludes halogenated alkanes) is 22. The summed E-state index contributed by atoms with van der Waals surface area (Å²) in [5, 5.41) is 0. The molecule has 9 heteroatoms. The number of carbonyl (C=O) groups is 3. The molecule has 0 atom stereocenters. The number of ether oxygens (including phenoxy) is 3. The van der Waals surface area contributed by atoms with Gasteiger partial charge in [0.2, 0.25) is 0 Å². The number of esters is 2. The van der Waals surface area contributed by atoms with E-state index < -0.39 is 12.2 Å². The third-order valence-corrected chi connectivity index (χ3v) is 9.72. The van der Waals surface area contributed by atoms with Gasteiger partial charge in [0.25, 0.3) is 0 Å². The Hall–Kier alpha value is -1.73. The van der Waals surface area contributed by atoms with Crippen LogP contribution in [0.25, 0.3) is 0 Å². The molecule has 0 aromatic heterocycles. The van der Waals surface area contributed by atoms with Crippen molar-refractivity contribution in [2.45, 2.75) is 200 Å². The van der Waals surface area contributed by atoms with E-state index in [1.807, 2.05) is 0 Å². The maximum atomic E-state index is 12.8. The van der Waals surface area contributed by atoms with Crippen LogP contribution in [0.1, 0.15) is 194 Å². The fourth-order valence-corrected chi connectivity index (χ4v) is 6.44. The van der Waals surface area contributed by atoms with Gasteiger partial charge in [-0.15, -0.1) is 23.2 Å². The summed E-state index contributed by atoms with van der Waals surface area (Å²) in [5.41, 5.74) is 0. The largest absolute Gasteiger partial charge is 0.462 e. The van der Waals surface area contributed by atoms with Gasteiger partial charge in [0.15, 0.2) is 6.10 Å². The lowest BCUT2D eigenvalue weighted by Crippen LogP contribution is -2.40. The number of carbonyl (C=O) groups excluding carboxylic acids is 3. The third-order valence-electron chi connectivity index (χ3n) is 9.38. The van der Waals surface area contributed by atoms with Crippen LogP contribution >= 0.6 is 23.2 Å². The highest BCUT2D eigenvalue weighted by Gasteiger charge is 2.23. The Morgan fingerprint density at radius 1 is 0.491 bits per heavy atom. The zero-order valence-electron chi connectivity index (χ0n) is 34.1. The van der Waals surface area contributed by atoms with E-state index in [4.69, 9.17) is 37.4 Å². The Bertz CT molecular complexity index is 837. The van der Waals surface area contributed by atoms with Crippen molar-refractivity contribution < 1.29 is 28.6 Å². The van der Waals surface area contributed by atoms with Gasteiger partial charge >= 0.3 is 18.0 Å². The summed E-state index contributed by atoms with van der Waals surface area (Å²) in [6.45, 7) is 4.69. The van der Waals surface area contributed by atoms with Gasteiger partial charge in [0.05, 0.1) is 0 Å². The molecule has 0 aliphatic heterocycles. The van der Waals surface area contributed by atoms with Gasteiger partial charge < -0.3 is 19.1 Å². The van der Waals surface area contributed by atoms with Crippen molar-refractivity contribution in [3.05, 3.63) is 24.3 Å². The van der Waals surface area contributed by atoms with E-state index in [9.17, 15) is 14.4 Å². The van der Waals surface area contributed by atoms with Gasteiger partial charge in [0.1, 0.15) is 13.2 Å². The number of nitrogens with zero attached hydrogens (tertiary/aromatic N) is 1. The number of alkyl halides is 2. The molecule has 310 valence electrons. The van der Waals surface area contributed by atoms with Crippen molar-refractivity contribution in [1.29, 1.82) is 0 Å². The van der Waals surface area contributed by atoms with Crippen molar-refractivity contribution in [3.8, 4) is 0 Å². The summed E-state index contributed by atoms with van der Waals surface area (Å²) >= 11 is 11.7. The Morgan fingerprint density at radius 2 is 0.811 bits per heavy atom. The van der Waals surface area contributed by atoms with Gasteiger partial charge in [-0.1, -0.05) is 141 Å². The first-order valence-corrected chi connectivity index (χ1v) is 22.7. The van der Waals surface area contributed by atoms with E-state index in [0.717, 1.165) is 64.2 Å². The molecule has 0 aromatic carbocycles. The molecule has 53 heavy (non-hydrogen) atoms. The molecule has 1 amide bonds. The van der Waals surface area contributed by atoms with Crippen LogP contribution in [0.2, 0.25) is 0 Å².